The zero-order valence-corrected chi connectivity index (χ0v) is 13.3. The molecular weight excluding hydrogens is 284 g/mol. The number of hydrogen-bond donors (Lipinski definition) is 3. The molecule has 1 aromatic carbocycles. The van der Waals surface area contributed by atoms with Crippen LogP contribution in [0.1, 0.15) is 20.8 Å². The molecule has 1 rings (SSSR count). The average molecular weight is 306 g/mol. The lowest BCUT2D eigenvalue weighted by atomic mass is 9.93. The minimum absolute atomic E-state index is 0.0767. The summed E-state index contributed by atoms with van der Waals surface area (Å²) in [5.74, 6) is -0.559. The molecule has 22 heavy (non-hydrogen) atoms. The van der Waals surface area contributed by atoms with Gasteiger partial charge in [-0.05, 0) is 38.1 Å². The third-order valence-electron chi connectivity index (χ3n) is 3.34. The first-order valence-corrected chi connectivity index (χ1v) is 6.82. The average Bonchev–Trinajstić information content (AvgIpc) is 2.45. The Hall–Kier alpha value is -2.57. The predicted molar refractivity (Wildman–Crippen MR) is 85.5 cm³/mol. The van der Waals surface area contributed by atoms with Crippen LogP contribution in [-0.2, 0) is 9.59 Å². The lowest BCUT2D eigenvalue weighted by Crippen LogP contribution is -2.43. The lowest BCUT2D eigenvalue weighted by molar-refractivity contribution is -0.125. The van der Waals surface area contributed by atoms with Crippen molar-refractivity contribution in [2.45, 2.75) is 20.8 Å². The van der Waals surface area contributed by atoms with E-state index in [9.17, 15) is 14.4 Å². The molecular formula is C15H22N4O3. The van der Waals surface area contributed by atoms with Crippen LogP contribution in [0.25, 0.3) is 0 Å². The van der Waals surface area contributed by atoms with E-state index in [4.69, 9.17) is 5.73 Å². The minimum Gasteiger partial charge on any atom is -0.369 e. The molecule has 0 aliphatic carbocycles. The highest BCUT2D eigenvalue weighted by atomic mass is 16.2. The molecule has 0 bridgehead atoms. The Balaban J connectivity index is 2.59. The highest BCUT2D eigenvalue weighted by Gasteiger charge is 2.25. The number of carbonyl (C=O) groups is 3. The molecule has 0 unspecified atom stereocenters. The monoisotopic (exact) mass is 306 g/mol. The Kier molecular flexibility index (Phi) is 5.50. The van der Waals surface area contributed by atoms with Crippen LogP contribution in [0, 0.1) is 5.41 Å². The van der Waals surface area contributed by atoms with Gasteiger partial charge in [-0.25, -0.2) is 4.79 Å². The van der Waals surface area contributed by atoms with Crippen LogP contribution in [0.15, 0.2) is 24.3 Å². The van der Waals surface area contributed by atoms with Gasteiger partial charge in [-0.15, -0.1) is 0 Å². The van der Waals surface area contributed by atoms with Gasteiger partial charge < -0.3 is 21.3 Å². The van der Waals surface area contributed by atoms with Gasteiger partial charge in [0, 0.05) is 31.9 Å². The van der Waals surface area contributed by atoms with E-state index >= 15 is 0 Å². The van der Waals surface area contributed by atoms with Crippen LogP contribution in [0.4, 0.5) is 16.2 Å². The number of nitrogens with one attached hydrogen (secondary N) is 2. The van der Waals surface area contributed by atoms with Gasteiger partial charge in [0.25, 0.3) is 0 Å². The van der Waals surface area contributed by atoms with Gasteiger partial charge in [0.1, 0.15) is 0 Å². The quantitative estimate of drug-likeness (QED) is 0.763. The zero-order chi connectivity index (χ0) is 16.9. The van der Waals surface area contributed by atoms with E-state index in [0.29, 0.717) is 5.69 Å². The van der Waals surface area contributed by atoms with Crippen LogP contribution >= 0.6 is 0 Å². The molecule has 1 aromatic rings. The van der Waals surface area contributed by atoms with E-state index in [0.717, 1.165) is 5.69 Å². The van der Waals surface area contributed by atoms with E-state index in [1.165, 1.54) is 11.8 Å². The van der Waals surface area contributed by atoms with E-state index in [-0.39, 0.29) is 12.5 Å². The molecule has 0 heterocycles. The molecule has 7 heteroatoms. The van der Waals surface area contributed by atoms with Gasteiger partial charge in [0.15, 0.2) is 0 Å². The summed E-state index contributed by atoms with van der Waals surface area (Å²) in [6, 6.07) is 6.40. The van der Waals surface area contributed by atoms with Crippen molar-refractivity contribution in [1.82, 2.24) is 5.32 Å². The summed E-state index contributed by atoms with van der Waals surface area (Å²) >= 11 is 0. The van der Waals surface area contributed by atoms with Crippen molar-refractivity contribution < 1.29 is 14.4 Å². The van der Waals surface area contributed by atoms with Crippen LogP contribution < -0.4 is 21.3 Å². The van der Waals surface area contributed by atoms with E-state index in [1.807, 2.05) is 0 Å². The van der Waals surface area contributed by atoms with Gasteiger partial charge in [-0.3, -0.25) is 9.59 Å². The largest absolute Gasteiger partial charge is 0.369 e. The molecule has 0 fully saturated rings. The Bertz CT molecular complexity index is 567. The van der Waals surface area contributed by atoms with Crippen LogP contribution in [0.2, 0.25) is 0 Å². The summed E-state index contributed by atoms with van der Waals surface area (Å²) in [4.78, 5) is 35.7. The first-order chi connectivity index (χ1) is 10.1. The Morgan fingerprint density at radius 3 is 2.18 bits per heavy atom. The summed E-state index contributed by atoms with van der Waals surface area (Å²) in [6.07, 6.45) is 0. The Labute approximate surface area is 129 Å². The van der Waals surface area contributed by atoms with Gasteiger partial charge in [-0.1, -0.05) is 0 Å². The number of carbonyl (C=O) groups excluding carboxylic acids is 3. The number of amides is 4. The molecule has 0 radical (unpaired) electrons. The molecule has 0 saturated carbocycles. The van der Waals surface area contributed by atoms with Crippen molar-refractivity contribution in [1.29, 1.82) is 0 Å². The topological polar surface area (TPSA) is 105 Å². The number of rotatable bonds is 5. The zero-order valence-electron chi connectivity index (χ0n) is 13.3. The molecule has 0 aliphatic rings. The van der Waals surface area contributed by atoms with E-state index < -0.39 is 17.4 Å². The molecule has 120 valence electrons. The Morgan fingerprint density at radius 2 is 1.73 bits per heavy atom. The summed E-state index contributed by atoms with van der Waals surface area (Å²) in [7, 11) is 1.67. The number of nitrogens with two attached hydrogens (primary N) is 1. The highest BCUT2D eigenvalue weighted by Crippen LogP contribution is 2.17. The summed E-state index contributed by atoms with van der Waals surface area (Å²) in [5, 5.41) is 5.24. The molecule has 4 amide bonds. The summed E-state index contributed by atoms with van der Waals surface area (Å²) in [5.41, 5.74) is 5.73. The number of urea groups is 1. The number of hydrogen-bond acceptors (Lipinski definition) is 3. The van der Waals surface area contributed by atoms with Gasteiger partial charge in [-0.2, -0.15) is 0 Å². The molecule has 0 aliphatic heterocycles. The maximum absolute atomic E-state index is 11.8. The maximum Gasteiger partial charge on any atom is 0.319 e. The normalized spacial score (nSPS) is 10.7. The predicted octanol–water partition coefficient (Wildman–Crippen LogP) is 1.30. The summed E-state index contributed by atoms with van der Waals surface area (Å²) in [6.45, 7) is 4.92. The second kappa shape index (κ2) is 6.93. The first-order valence-electron chi connectivity index (χ1n) is 6.82. The number of anilines is 2. The number of benzene rings is 1. The fourth-order valence-corrected chi connectivity index (χ4v) is 1.51. The van der Waals surface area contributed by atoms with Gasteiger partial charge in [0.2, 0.25) is 11.8 Å². The van der Waals surface area contributed by atoms with Crippen molar-refractivity contribution >= 4 is 29.2 Å². The van der Waals surface area contributed by atoms with E-state index in [2.05, 4.69) is 10.6 Å². The highest BCUT2D eigenvalue weighted by molar-refractivity contribution is 5.92. The maximum atomic E-state index is 11.8. The van der Waals surface area contributed by atoms with Crippen molar-refractivity contribution in [2.24, 2.45) is 11.1 Å². The van der Waals surface area contributed by atoms with Crippen LogP contribution in [0.5, 0.6) is 0 Å². The minimum atomic E-state index is -0.814. The van der Waals surface area contributed by atoms with Crippen LogP contribution in [0.3, 0.4) is 0 Å². The molecule has 7 nitrogen and oxygen atoms in total. The first kappa shape index (κ1) is 17.5. The smallest absolute Gasteiger partial charge is 0.319 e. The van der Waals surface area contributed by atoms with Gasteiger partial charge in [0.05, 0.1) is 5.41 Å². The SMILES string of the molecule is CC(=O)N(C)c1ccc(NC(=O)NCC(C)(C)C(N)=O)cc1. The number of primary amides is 1. The fourth-order valence-electron chi connectivity index (χ4n) is 1.51. The second-order valence-corrected chi connectivity index (χ2v) is 5.68. The molecule has 0 spiro atoms. The van der Waals surface area contributed by atoms with Crippen molar-refractivity contribution in [2.75, 3.05) is 23.8 Å². The van der Waals surface area contributed by atoms with Gasteiger partial charge >= 0.3 is 6.03 Å². The van der Waals surface area contributed by atoms with Crippen molar-refractivity contribution in [3.05, 3.63) is 24.3 Å². The summed E-state index contributed by atoms with van der Waals surface area (Å²) < 4.78 is 0. The van der Waals surface area contributed by atoms with Crippen LogP contribution in [-0.4, -0.2) is 31.4 Å². The van der Waals surface area contributed by atoms with Crippen molar-refractivity contribution in [3.63, 3.8) is 0 Å². The van der Waals surface area contributed by atoms with E-state index in [1.54, 1.807) is 45.2 Å². The third kappa shape index (κ3) is 4.76. The second-order valence-electron chi connectivity index (χ2n) is 5.68. The molecule has 0 atom stereocenters. The fraction of sp³-hybridized carbons (Fsp3) is 0.400. The molecule has 4 N–H and O–H groups in total. The molecule has 0 aromatic heterocycles. The Morgan fingerprint density at radius 1 is 1.18 bits per heavy atom. The standard InChI is InChI=1S/C15H22N4O3/c1-10(20)19(4)12-7-5-11(6-8-12)18-14(22)17-9-15(2,3)13(16)21/h5-8H,9H2,1-4H3,(H2,16,21)(H2,17,18,22). The third-order valence-corrected chi connectivity index (χ3v) is 3.34. The van der Waals surface area contributed by atoms with Crippen molar-refractivity contribution in [3.8, 4) is 0 Å². The lowest BCUT2D eigenvalue weighted by Gasteiger charge is -2.21. The molecule has 0 saturated heterocycles. The number of nitrogens with zero attached hydrogens (tertiary/aromatic N) is 1.